The van der Waals surface area contributed by atoms with Crippen molar-refractivity contribution >= 4 is 0 Å². The van der Waals surface area contributed by atoms with Crippen molar-refractivity contribution in [2.45, 2.75) is 25.4 Å². The van der Waals surface area contributed by atoms with Gasteiger partial charge in [0.2, 0.25) is 0 Å². The van der Waals surface area contributed by atoms with Crippen molar-refractivity contribution in [1.29, 1.82) is 0 Å². The molecule has 1 fully saturated rings. The van der Waals surface area contributed by atoms with E-state index < -0.39 is 0 Å². The fourth-order valence-corrected chi connectivity index (χ4v) is 1.96. The summed E-state index contributed by atoms with van der Waals surface area (Å²) < 4.78 is 31.9. The van der Waals surface area contributed by atoms with E-state index in [1.165, 1.54) is 37.1 Å². The molecule has 3 rings (SSSR count). The predicted molar refractivity (Wildman–Crippen MR) is 72.7 cm³/mol. The van der Waals surface area contributed by atoms with Crippen molar-refractivity contribution in [2.75, 3.05) is 0 Å². The van der Waals surface area contributed by atoms with Crippen molar-refractivity contribution in [3.8, 4) is 11.5 Å². The van der Waals surface area contributed by atoms with Crippen LogP contribution in [0.25, 0.3) is 0 Å². The molecule has 0 aromatic heterocycles. The van der Waals surface area contributed by atoms with Gasteiger partial charge >= 0.3 is 0 Å². The maximum absolute atomic E-state index is 13.3. The van der Waals surface area contributed by atoms with Crippen LogP contribution >= 0.6 is 0 Å². The third-order valence-corrected chi connectivity index (χ3v) is 3.22. The summed E-state index contributed by atoms with van der Waals surface area (Å²) in [6.07, 6.45) is 2.34. The highest BCUT2D eigenvalue weighted by atomic mass is 19.1. The van der Waals surface area contributed by atoms with Crippen molar-refractivity contribution in [3.63, 3.8) is 0 Å². The highest BCUT2D eigenvalue weighted by molar-refractivity contribution is 5.38. The third kappa shape index (κ3) is 3.33. The molecule has 0 heterocycles. The Balaban J connectivity index is 1.77. The molecule has 0 spiro atoms. The molecule has 1 aliphatic rings. The van der Waals surface area contributed by atoms with Gasteiger partial charge in [0.1, 0.15) is 23.1 Å². The van der Waals surface area contributed by atoms with Gasteiger partial charge in [0.25, 0.3) is 0 Å². The van der Waals surface area contributed by atoms with Crippen LogP contribution < -0.4 is 10.1 Å². The summed E-state index contributed by atoms with van der Waals surface area (Å²) in [4.78, 5) is 0. The number of nitrogens with one attached hydrogen (secondary N) is 1. The number of hydrogen-bond acceptors (Lipinski definition) is 2. The standard InChI is InChI=1S/C16H15F2NO/c17-12-1-6-15(7-2-12)20-16-8-3-13(18)9-11(16)10-19-14-4-5-14/h1-3,6-9,14,19H,4-5,10H2. The van der Waals surface area contributed by atoms with E-state index in [9.17, 15) is 8.78 Å². The van der Waals surface area contributed by atoms with E-state index in [4.69, 9.17) is 4.74 Å². The molecule has 0 radical (unpaired) electrons. The van der Waals surface area contributed by atoms with Crippen LogP contribution in [0.3, 0.4) is 0 Å². The normalized spacial score (nSPS) is 14.3. The zero-order valence-electron chi connectivity index (χ0n) is 10.9. The van der Waals surface area contributed by atoms with E-state index in [0.717, 1.165) is 5.56 Å². The van der Waals surface area contributed by atoms with Gasteiger partial charge in [0.15, 0.2) is 0 Å². The third-order valence-electron chi connectivity index (χ3n) is 3.22. The molecule has 0 amide bonds. The highest BCUT2D eigenvalue weighted by Gasteiger charge is 2.20. The first-order chi connectivity index (χ1) is 9.70. The minimum atomic E-state index is -0.313. The average molecular weight is 275 g/mol. The van der Waals surface area contributed by atoms with Crippen molar-refractivity contribution in [2.24, 2.45) is 0 Å². The van der Waals surface area contributed by atoms with Gasteiger partial charge in [0, 0.05) is 18.2 Å². The van der Waals surface area contributed by atoms with Crippen molar-refractivity contribution < 1.29 is 13.5 Å². The van der Waals surface area contributed by atoms with Gasteiger partial charge in [-0.2, -0.15) is 0 Å². The Hall–Kier alpha value is -1.94. The monoisotopic (exact) mass is 275 g/mol. The number of rotatable bonds is 5. The lowest BCUT2D eigenvalue weighted by molar-refractivity contribution is 0.468. The second-order valence-electron chi connectivity index (χ2n) is 4.96. The predicted octanol–water partition coefficient (Wildman–Crippen LogP) is 4.01. The Morgan fingerprint density at radius 2 is 1.70 bits per heavy atom. The topological polar surface area (TPSA) is 21.3 Å². The van der Waals surface area contributed by atoms with E-state index in [2.05, 4.69) is 5.32 Å². The average Bonchev–Trinajstić information content (AvgIpc) is 3.25. The zero-order valence-corrected chi connectivity index (χ0v) is 10.9. The molecule has 1 aliphatic carbocycles. The van der Waals surface area contributed by atoms with Crippen LogP contribution in [0.15, 0.2) is 42.5 Å². The molecule has 1 N–H and O–H groups in total. The summed E-state index contributed by atoms with van der Waals surface area (Å²) in [6, 6.07) is 10.7. The van der Waals surface area contributed by atoms with Crippen LogP contribution in [0.1, 0.15) is 18.4 Å². The fraction of sp³-hybridized carbons (Fsp3) is 0.250. The van der Waals surface area contributed by atoms with Gasteiger partial charge in [-0.05, 0) is 55.3 Å². The van der Waals surface area contributed by atoms with E-state index in [0.29, 0.717) is 24.1 Å². The van der Waals surface area contributed by atoms with E-state index in [1.807, 2.05) is 0 Å². The molecular weight excluding hydrogens is 260 g/mol. The van der Waals surface area contributed by atoms with Crippen LogP contribution in [0.2, 0.25) is 0 Å². The first-order valence-corrected chi connectivity index (χ1v) is 6.66. The molecule has 0 aliphatic heterocycles. The SMILES string of the molecule is Fc1ccc(Oc2ccc(F)cc2CNC2CC2)cc1. The Bertz CT molecular complexity index is 594. The lowest BCUT2D eigenvalue weighted by Gasteiger charge is -2.12. The van der Waals surface area contributed by atoms with Crippen LogP contribution in [0.5, 0.6) is 11.5 Å². The molecule has 0 bridgehead atoms. The summed E-state index contributed by atoms with van der Waals surface area (Å²) in [6.45, 7) is 0.568. The minimum absolute atomic E-state index is 0.288. The molecule has 0 saturated heterocycles. The Morgan fingerprint density at radius 1 is 1.00 bits per heavy atom. The van der Waals surface area contributed by atoms with Crippen LogP contribution in [0.4, 0.5) is 8.78 Å². The molecule has 2 aromatic carbocycles. The van der Waals surface area contributed by atoms with Gasteiger partial charge < -0.3 is 10.1 Å². The second kappa shape index (κ2) is 5.59. The van der Waals surface area contributed by atoms with Crippen molar-refractivity contribution in [1.82, 2.24) is 5.32 Å². The maximum Gasteiger partial charge on any atom is 0.132 e. The molecule has 2 aromatic rings. The summed E-state index contributed by atoms with van der Waals surface area (Å²) in [5, 5.41) is 3.33. The second-order valence-corrected chi connectivity index (χ2v) is 4.96. The summed E-state index contributed by atoms with van der Waals surface area (Å²) in [7, 11) is 0. The lowest BCUT2D eigenvalue weighted by atomic mass is 10.2. The Morgan fingerprint density at radius 3 is 2.40 bits per heavy atom. The molecule has 104 valence electrons. The highest BCUT2D eigenvalue weighted by Crippen LogP contribution is 2.27. The largest absolute Gasteiger partial charge is 0.457 e. The molecule has 0 atom stereocenters. The number of hydrogen-bond donors (Lipinski definition) is 1. The lowest BCUT2D eigenvalue weighted by Crippen LogP contribution is -2.15. The fourth-order valence-electron chi connectivity index (χ4n) is 1.96. The van der Waals surface area contributed by atoms with Crippen molar-refractivity contribution in [3.05, 3.63) is 59.7 Å². The van der Waals surface area contributed by atoms with Gasteiger partial charge in [-0.25, -0.2) is 8.78 Å². The Labute approximate surface area is 116 Å². The smallest absolute Gasteiger partial charge is 0.132 e. The van der Waals surface area contributed by atoms with Gasteiger partial charge in [-0.15, -0.1) is 0 Å². The Kier molecular flexibility index (Phi) is 3.65. The van der Waals surface area contributed by atoms with Gasteiger partial charge in [-0.3, -0.25) is 0 Å². The molecule has 1 saturated carbocycles. The first kappa shape index (κ1) is 13.1. The number of benzene rings is 2. The molecule has 2 nitrogen and oxygen atoms in total. The molecule has 20 heavy (non-hydrogen) atoms. The number of ether oxygens (including phenoxy) is 1. The van der Waals surface area contributed by atoms with Crippen LogP contribution in [0, 0.1) is 11.6 Å². The molecule has 4 heteroatoms. The summed E-state index contributed by atoms with van der Waals surface area (Å²) in [5.74, 6) is 0.521. The quantitative estimate of drug-likeness (QED) is 0.890. The van der Waals surface area contributed by atoms with E-state index >= 15 is 0 Å². The summed E-state index contributed by atoms with van der Waals surface area (Å²) in [5.41, 5.74) is 0.765. The van der Waals surface area contributed by atoms with Gasteiger partial charge in [-0.1, -0.05) is 0 Å². The molecular formula is C16H15F2NO. The van der Waals surface area contributed by atoms with E-state index in [1.54, 1.807) is 18.2 Å². The van der Waals surface area contributed by atoms with Crippen LogP contribution in [-0.2, 0) is 6.54 Å². The molecule has 0 unspecified atom stereocenters. The van der Waals surface area contributed by atoms with Gasteiger partial charge in [0.05, 0.1) is 0 Å². The van der Waals surface area contributed by atoms with Crippen LogP contribution in [-0.4, -0.2) is 6.04 Å². The first-order valence-electron chi connectivity index (χ1n) is 6.66. The number of halogens is 2. The minimum Gasteiger partial charge on any atom is -0.457 e. The van der Waals surface area contributed by atoms with E-state index in [-0.39, 0.29) is 11.6 Å². The summed E-state index contributed by atoms with van der Waals surface area (Å²) >= 11 is 0. The zero-order chi connectivity index (χ0) is 13.9. The maximum atomic E-state index is 13.3.